The van der Waals surface area contributed by atoms with Gasteiger partial charge < -0.3 is 10.5 Å². The van der Waals surface area contributed by atoms with Gasteiger partial charge >= 0.3 is 0 Å². The van der Waals surface area contributed by atoms with E-state index in [2.05, 4.69) is 32.9 Å². The molecular weight excluding hydrogens is 234 g/mol. The molecule has 0 aromatic heterocycles. The largest absolute Gasteiger partial charge is 0.455 e. The average Bonchev–Trinajstić information content (AvgIpc) is 2.33. The van der Waals surface area contributed by atoms with Crippen LogP contribution in [0.4, 0.5) is 5.69 Å². The highest BCUT2D eigenvalue weighted by Crippen LogP contribution is 2.30. The molecule has 0 amide bonds. The van der Waals surface area contributed by atoms with Gasteiger partial charge in [-0.2, -0.15) is 0 Å². The van der Waals surface area contributed by atoms with E-state index >= 15 is 0 Å². The quantitative estimate of drug-likeness (QED) is 0.792. The fourth-order valence-corrected chi connectivity index (χ4v) is 1.88. The zero-order chi connectivity index (χ0) is 14.0. The first-order chi connectivity index (χ1) is 8.86. The van der Waals surface area contributed by atoms with Crippen molar-refractivity contribution in [1.82, 2.24) is 0 Å². The molecule has 0 radical (unpaired) electrons. The first kappa shape index (κ1) is 13.5. The van der Waals surface area contributed by atoms with Crippen molar-refractivity contribution in [2.75, 3.05) is 5.73 Å². The predicted molar refractivity (Wildman–Crippen MR) is 80.8 cm³/mol. The third-order valence-electron chi connectivity index (χ3n) is 3.12. The summed E-state index contributed by atoms with van der Waals surface area (Å²) in [5.74, 6) is 1.52. The van der Waals surface area contributed by atoms with E-state index in [9.17, 15) is 0 Å². The molecule has 2 aromatic carbocycles. The second-order valence-corrected chi connectivity index (χ2v) is 5.92. The van der Waals surface area contributed by atoms with E-state index < -0.39 is 0 Å². The number of anilines is 1. The van der Waals surface area contributed by atoms with Crippen molar-refractivity contribution in [3.63, 3.8) is 0 Å². The van der Waals surface area contributed by atoms with Crippen molar-refractivity contribution in [2.24, 2.45) is 0 Å². The zero-order valence-electron chi connectivity index (χ0n) is 12.0. The van der Waals surface area contributed by atoms with E-state index in [-0.39, 0.29) is 5.41 Å². The van der Waals surface area contributed by atoms with Gasteiger partial charge in [-0.1, -0.05) is 39.0 Å². The number of ether oxygens (including phenoxy) is 1. The molecule has 0 fully saturated rings. The van der Waals surface area contributed by atoms with E-state index in [4.69, 9.17) is 10.5 Å². The third-order valence-corrected chi connectivity index (χ3v) is 3.12. The lowest BCUT2D eigenvalue weighted by Gasteiger charge is -2.19. The molecule has 2 heteroatoms. The number of rotatable bonds is 2. The summed E-state index contributed by atoms with van der Waals surface area (Å²) in [7, 11) is 0. The summed E-state index contributed by atoms with van der Waals surface area (Å²) in [6.07, 6.45) is 0. The van der Waals surface area contributed by atoms with E-state index in [0.717, 1.165) is 11.3 Å². The molecule has 0 saturated heterocycles. The van der Waals surface area contributed by atoms with Gasteiger partial charge in [0.25, 0.3) is 0 Å². The molecule has 0 heterocycles. The topological polar surface area (TPSA) is 35.2 Å². The first-order valence-electron chi connectivity index (χ1n) is 6.51. The summed E-state index contributed by atoms with van der Waals surface area (Å²) >= 11 is 0. The maximum Gasteiger partial charge on any atom is 0.150 e. The number of aryl methyl sites for hydroxylation is 1. The molecular formula is C17H21NO. The Bertz CT molecular complexity index is 565. The lowest BCUT2D eigenvalue weighted by Crippen LogP contribution is -2.10. The Kier molecular flexibility index (Phi) is 3.52. The second kappa shape index (κ2) is 4.96. The average molecular weight is 255 g/mol. The van der Waals surface area contributed by atoms with Crippen LogP contribution in [0, 0.1) is 6.92 Å². The standard InChI is InChI=1S/C17H21NO/c1-12-5-10-15(18)16(11-12)19-14-8-6-13(7-9-14)17(2,3)4/h5-11H,18H2,1-4H3. The van der Waals surface area contributed by atoms with Crippen LogP contribution in [0.2, 0.25) is 0 Å². The van der Waals surface area contributed by atoms with Gasteiger partial charge in [0, 0.05) is 0 Å². The van der Waals surface area contributed by atoms with Crippen LogP contribution in [0.25, 0.3) is 0 Å². The molecule has 2 rings (SSSR count). The van der Waals surface area contributed by atoms with Crippen molar-refractivity contribution in [2.45, 2.75) is 33.1 Å². The van der Waals surface area contributed by atoms with Crippen LogP contribution in [-0.2, 0) is 5.41 Å². The highest BCUT2D eigenvalue weighted by molar-refractivity contribution is 5.55. The summed E-state index contributed by atoms with van der Waals surface area (Å²) in [6.45, 7) is 8.61. The van der Waals surface area contributed by atoms with E-state index in [0.29, 0.717) is 11.4 Å². The minimum absolute atomic E-state index is 0.154. The molecule has 2 nitrogen and oxygen atoms in total. The Hall–Kier alpha value is -1.96. The van der Waals surface area contributed by atoms with Crippen LogP contribution in [0.15, 0.2) is 42.5 Å². The molecule has 0 aliphatic rings. The highest BCUT2D eigenvalue weighted by atomic mass is 16.5. The van der Waals surface area contributed by atoms with Crippen LogP contribution in [0.5, 0.6) is 11.5 Å². The van der Waals surface area contributed by atoms with Crippen LogP contribution in [0.3, 0.4) is 0 Å². The monoisotopic (exact) mass is 255 g/mol. The Morgan fingerprint density at radius 1 is 0.947 bits per heavy atom. The van der Waals surface area contributed by atoms with Crippen molar-refractivity contribution >= 4 is 5.69 Å². The Labute approximate surface area is 115 Å². The van der Waals surface area contributed by atoms with Crippen LogP contribution in [0.1, 0.15) is 31.9 Å². The molecule has 19 heavy (non-hydrogen) atoms. The Morgan fingerprint density at radius 3 is 2.16 bits per heavy atom. The fraction of sp³-hybridized carbons (Fsp3) is 0.294. The van der Waals surface area contributed by atoms with Gasteiger partial charge in [-0.05, 0) is 47.7 Å². The van der Waals surface area contributed by atoms with Gasteiger partial charge in [-0.3, -0.25) is 0 Å². The summed E-state index contributed by atoms with van der Waals surface area (Å²) in [5.41, 5.74) is 9.15. The van der Waals surface area contributed by atoms with Crippen molar-refractivity contribution in [1.29, 1.82) is 0 Å². The third kappa shape index (κ3) is 3.28. The number of benzene rings is 2. The Morgan fingerprint density at radius 2 is 1.58 bits per heavy atom. The second-order valence-electron chi connectivity index (χ2n) is 5.92. The molecule has 100 valence electrons. The van der Waals surface area contributed by atoms with Gasteiger partial charge in [0.1, 0.15) is 5.75 Å². The maximum absolute atomic E-state index is 5.91. The normalized spacial score (nSPS) is 11.4. The van der Waals surface area contributed by atoms with Gasteiger partial charge in [0.15, 0.2) is 5.75 Å². The lowest BCUT2D eigenvalue weighted by molar-refractivity contribution is 0.483. The minimum atomic E-state index is 0.154. The first-order valence-corrected chi connectivity index (χ1v) is 6.51. The molecule has 0 aliphatic heterocycles. The van der Waals surface area contributed by atoms with Crippen molar-refractivity contribution < 1.29 is 4.74 Å². The van der Waals surface area contributed by atoms with E-state index in [1.807, 2.05) is 37.3 Å². The van der Waals surface area contributed by atoms with E-state index in [1.54, 1.807) is 0 Å². The molecule has 0 bridgehead atoms. The molecule has 0 saturated carbocycles. The fourth-order valence-electron chi connectivity index (χ4n) is 1.88. The molecule has 0 spiro atoms. The Balaban J connectivity index is 2.22. The number of nitrogens with two attached hydrogens (primary N) is 1. The predicted octanol–water partition coefficient (Wildman–Crippen LogP) is 4.67. The molecule has 0 unspecified atom stereocenters. The van der Waals surface area contributed by atoms with Crippen molar-refractivity contribution in [3.8, 4) is 11.5 Å². The summed E-state index contributed by atoms with van der Waals surface area (Å²) in [4.78, 5) is 0. The van der Waals surface area contributed by atoms with Gasteiger partial charge in [0.2, 0.25) is 0 Å². The van der Waals surface area contributed by atoms with Gasteiger partial charge in [0.05, 0.1) is 5.69 Å². The maximum atomic E-state index is 5.91. The SMILES string of the molecule is Cc1ccc(N)c(Oc2ccc(C(C)(C)C)cc2)c1. The molecule has 2 N–H and O–H groups in total. The summed E-state index contributed by atoms with van der Waals surface area (Å²) in [5, 5.41) is 0. The van der Waals surface area contributed by atoms with Crippen LogP contribution >= 0.6 is 0 Å². The summed E-state index contributed by atoms with van der Waals surface area (Å²) in [6, 6.07) is 14.0. The van der Waals surface area contributed by atoms with Crippen molar-refractivity contribution in [3.05, 3.63) is 53.6 Å². The lowest BCUT2D eigenvalue weighted by atomic mass is 9.87. The van der Waals surface area contributed by atoms with Crippen LogP contribution < -0.4 is 10.5 Å². The van der Waals surface area contributed by atoms with E-state index in [1.165, 1.54) is 5.56 Å². The minimum Gasteiger partial charge on any atom is -0.455 e. The molecule has 0 atom stereocenters. The smallest absolute Gasteiger partial charge is 0.150 e. The van der Waals surface area contributed by atoms with Gasteiger partial charge in [-0.15, -0.1) is 0 Å². The molecule has 2 aromatic rings. The highest BCUT2D eigenvalue weighted by Gasteiger charge is 2.13. The number of hydrogen-bond acceptors (Lipinski definition) is 2. The van der Waals surface area contributed by atoms with Crippen LogP contribution in [-0.4, -0.2) is 0 Å². The number of nitrogen functional groups attached to an aromatic ring is 1. The van der Waals surface area contributed by atoms with Gasteiger partial charge in [-0.25, -0.2) is 0 Å². The number of hydrogen-bond donors (Lipinski definition) is 1. The summed E-state index contributed by atoms with van der Waals surface area (Å²) < 4.78 is 5.83. The zero-order valence-corrected chi connectivity index (χ0v) is 12.0. The molecule has 0 aliphatic carbocycles.